The maximum Gasteiger partial charge on any atom is 0.319 e. The number of halogens is 1. The summed E-state index contributed by atoms with van der Waals surface area (Å²) in [5, 5.41) is 5.15. The summed E-state index contributed by atoms with van der Waals surface area (Å²) in [6.07, 6.45) is 0.805. The number of carbonyl (C=O) groups is 1. The summed E-state index contributed by atoms with van der Waals surface area (Å²) < 4.78 is 6.52. The van der Waals surface area contributed by atoms with Crippen molar-refractivity contribution in [2.75, 3.05) is 20.7 Å². The average molecular weight is 274 g/mol. The van der Waals surface area contributed by atoms with Crippen LogP contribution >= 0.6 is 11.6 Å². The number of likely N-dealkylation sites (N-methyl/N-ethyl adjacent to an activating group) is 1. The van der Waals surface area contributed by atoms with Crippen LogP contribution in [-0.2, 0) is 29.0 Å². The van der Waals surface area contributed by atoms with Crippen LogP contribution in [-0.4, -0.2) is 41.4 Å². The minimum Gasteiger partial charge on any atom is -0.468 e. The van der Waals surface area contributed by atoms with Crippen LogP contribution in [0, 0.1) is 0 Å². The quantitative estimate of drug-likeness (QED) is 0.741. The summed E-state index contributed by atoms with van der Waals surface area (Å²) in [5.74, 6) is -0.257. The molecule has 0 N–H and O–H groups in total. The molecule has 0 atom stereocenters. The van der Waals surface area contributed by atoms with Gasteiger partial charge in [0.05, 0.1) is 30.1 Å². The van der Waals surface area contributed by atoms with E-state index in [2.05, 4.69) is 9.84 Å². The van der Waals surface area contributed by atoms with Crippen molar-refractivity contribution in [1.82, 2.24) is 14.7 Å². The first-order chi connectivity index (χ1) is 8.53. The molecular formula is C12H20ClN3O2. The maximum atomic E-state index is 11.2. The van der Waals surface area contributed by atoms with Crippen LogP contribution in [0.25, 0.3) is 0 Å². The highest BCUT2D eigenvalue weighted by molar-refractivity contribution is 6.31. The lowest BCUT2D eigenvalue weighted by atomic mass is 10.3. The minimum absolute atomic E-state index is 0.239. The number of carbonyl (C=O) groups excluding carboxylic acids is 1. The number of hydrogen-bond acceptors (Lipinski definition) is 4. The number of hydrogen-bond donors (Lipinski definition) is 0. The maximum absolute atomic E-state index is 11.2. The standard InChI is InChI=1S/C12H20ClN3O2/c1-5-9-12(13)10(16(6-2)14-9)7-15(3)8-11(17)18-4/h5-8H2,1-4H3. The van der Waals surface area contributed by atoms with Gasteiger partial charge in [-0.05, 0) is 20.4 Å². The molecule has 1 rings (SSSR count). The monoisotopic (exact) mass is 273 g/mol. The molecule has 18 heavy (non-hydrogen) atoms. The Morgan fingerprint density at radius 1 is 1.50 bits per heavy atom. The van der Waals surface area contributed by atoms with E-state index >= 15 is 0 Å². The topological polar surface area (TPSA) is 47.4 Å². The van der Waals surface area contributed by atoms with Crippen molar-refractivity contribution in [3.05, 3.63) is 16.4 Å². The van der Waals surface area contributed by atoms with Crippen molar-refractivity contribution in [2.24, 2.45) is 0 Å². The molecule has 0 aliphatic carbocycles. The summed E-state index contributed by atoms with van der Waals surface area (Å²) in [4.78, 5) is 13.1. The van der Waals surface area contributed by atoms with Crippen molar-refractivity contribution in [1.29, 1.82) is 0 Å². The fourth-order valence-electron chi connectivity index (χ4n) is 1.76. The van der Waals surface area contributed by atoms with Gasteiger partial charge in [-0.25, -0.2) is 0 Å². The van der Waals surface area contributed by atoms with Gasteiger partial charge in [0.25, 0.3) is 0 Å². The molecule has 6 heteroatoms. The Bertz CT molecular complexity index is 418. The molecule has 5 nitrogen and oxygen atoms in total. The van der Waals surface area contributed by atoms with E-state index < -0.39 is 0 Å². The van der Waals surface area contributed by atoms with E-state index in [0.29, 0.717) is 11.6 Å². The average Bonchev–Trinajstić information content (AvgIpc) is 2.66. The zero-order valence-corrected chi connectivity index (χ0v) is 12.1. The van der Waals surface area contributed by atoms with Crippen molar-refractivity contribution >= 4 is 17.6 Å². The van der Waals surface area contributed by atoms with E-state index in [9.17, 15) is 4.79 Å². The van der Waals surface area contributed by atoms with Gasteiger partial charge < -0.3 is 4.74 Å². The molecule has 102 valence electrons. The number of methoxy groups -OCH3 is 1. The number of rotatable bonds is 6. The summed E-state index contributed by atoms with van der Waals surface area (Å²) >= 11 is 6.30. The van der Waals surface area contributed by atoms with E-state index in [0.717, 1.165) is 24.4 Å². The van der Waals surface area contributed by atoms with E-state index in [4.69, 9.17) is 11.6 Å². The van der Waals surface area contributed by atoms with Crippen molar-refractivity contribution in [3.8, 4) is 0 Å². The van der Waals surface area contributed by atoms with Crippen molar-refractivity contribution in [2.45, 2.75) is 33.4 Å². The molecule has 1 heterocycles. The summed E-state index contributed by atoms with van der Waals surface area (Å²) in [5.41, 5.74) is 1.85. The number of esters is 1. The third kappa shape index (κ3) is 3.46. The zero-order chi connectivity index (χ0) is 13.7. The summed E-state index contributed by atoms with van der Waals surface area (Å²) in [6.45, 7) is 5.63. The zero-order valence-electron chi connectivity index (χ0n) is 11.4. The van der Waals surface area contributed by atoms with E-state index in [-0.39, 0.29) is 12.5 Å². The number of aryl methyl sites for hydroxylation is 2. The fraction of sp³-hybridized carbons (Fsp3) is 0.667. The minimum atomic E-state index is -0.257. The van der Waals surface area contributed by atoms with Gasteiger partial charge in [0.1, 0.15) is 0 Å². The Kier molecular flexibility index (Phi) is 5.62. The first kappa shape index (κ1) is 15.0. The third-order valence-corrected chi connectivity index (χ3v) is 3.18. The SMILES string of the molecule is CCc1nn(CC)c(CN(C)CC(=O)OC)c1Cl. The van der Waals surface area contributed by atoms with Crippen LogP contribution in [0.1, 0.15) is 25.2 Å². The van der Waals surface area contributed by atoms with Gasteiger partial charge in [-0.2, -0.15) is 5.10 Å². The molecule has 0 saturated heterocycles. The second kappa shape index (κ2) is 6.75. The lowest BCUT2D eigenvalue weighted by Crippen LogP contribution is -2.27. The lowest BCUT2D eigenvalue weighted by Gasteiger charge is -2.16. The highest BCUT2D eigenvalue weighted by atomic mass is 35.5. The van der Waals surface area contributed by atoms with Crippen LogP contribution in [0.15, 0.2) is 0 Å². The van der Waals surface area contributed by atoms with E-state index in [1.807, 2.05) is 30.5 Å². The van der Waals surface area contributed by atoms with Crippen molar-refractivity contribution in [3.63, 3.8) is 0 Å². The Labute approximate surface area is 113 Å². The second-order valence-corrected chi connectivity index (χ2v) is 4.50. The molecular weight excluding hydrogens is 254 g/mol. The van der Waals surface area contributed by atoms with Gasteiger partial charge in [-0.15, -0.1) is 0 Å². The van der Waals surface area contributed by atoms with Crippen LogP contribution in [0.4, 0.5) is 0 Å². The molecule has 0 bridgehead atoms. The van der Waals surface area contributed by atoms with Crippen LogP contribution in [0.2, 0.25) is 5.02 Å². The highest BCUT2D eigenvalue weighted by Gasteiger charge is 2.17. The normalized spacial score (nSPS) is 11.0. The molecule has 0 amide bonds. The van der Waals surface area contributed by atoms with Gasteiger partial charge in [-0.1, -0.05) is 18.5 Å². The smallest absolute Gasteiger partial charge is 0.319 e. The molecule has 0 aromatic carbocycles. The number of nitrogens with zero attached hydrogens (tertiary/aromatic N) is 3. The molecule has 0 radical (unpaired) electrons. The molecule has 1 aromatic heterocycles. The van der Waals surface area contributed by atoms with Gasteiger partial charge in [0.2, 0.25) is 0 Å². The number of ether oxygens (including phenoxy) is 1. The predicted molar refractivity (Wildman–Crippen MR) is 70.6 cm³/mol. The molecule has 0 unspecified atom stereocenters. The molecule has 0 aliphatic rings. The fourth-order valence-corrected chi connectivity index (χ4v) is 2.09. The largest absolute Gasteiger partial charge is 0.468 e. The third-order valence-electron chi connectivity index (χ3n) is 2.74. The predicted octanol–water partition coefficient (Wildman–Crippen LogP) is 1.72. The van der Waals surface area contributed by atoms with Crippen LogP contribution in [0.3, 0.4) is 0 Å². The van der Waals surface area contributed by atoms with Gasteiger partial charge in [0.15, 0.2) is 0 Å². The Morgan fingerprint density at radius 3 is 2.67 bits per heavy atom. The highest BCUT2D eigenvalue weighted by Crippen LogP contribution is 2.22. The Morgan fingerprint density at radius 2 is 2.17 bits per heavy atom. The molecule has 1 aromatic rings. The first-order valence-corrected chi connectivity index (χ1v) is 6.40. The Balaban J connectivity index is 2.82. The van der Waals surface area contributed by atoms with E-state index in [1.165, 1.54) is 7.11 Å². The van der Waals surface area contributed by atoms with Crippen LogP contribution < -0.4 is 0 Å². The van der Waals surface area contributed by atoms with Crippen LogP contribution in [0.5, 0.6) is 0 Å². The molecule has 0 saturated carbocycles. The lowest BCUT2D eigenvalue weighted by molar-refractivity contribution is -0.141. The van der Waals surface area contributed by atoms with Crippen molar-refractivity contribution < 1.29 is 9.53 Å². The molecule has 0 aliphatic heterocycles. The number of aromatic nitrogens is 2. The van der Waals surface area contributed by atoms with Gasteiger partial charge in [-0.3, -0.25) is 14.4 Å². The first-order valence-electron chi connectivity index (χ1n) is 6.02. The Hall–Kier alpha value is -1.07. The summed E-state index contributed by atoms with van der Waals surface area (Å²) in [6, 6.07) is 0. The molecule has 0 fully saturated rings. The van der Waals surface area contributed by atoms with Gasteiger partial charge in [0, 0.05) is 13.1 Å². The van der Waals surface area contributed by atoms with E-state index in [1.54, 1.807) is 0 Å². The second-order valence-electron chi connectivity index (χ2n) is 4.13. The molecule has 0 spiro atoms. The van der Waals surface area contributed by atoms with Gasteiger partial charge >= 0.3 is 5.97 Å². The summed E-state index contributed by atoms with van der Waals surface area (Å²) in [7, 11) is 3.24.